The zero-order chi connectivity index (χ0) is 32.6. The third-order valence-corrected chi connectivity index (χ3v) is 9.00. The van der Waals surface area contributed by atoms with Gasteiger partial charge in [-0.05, 0) is 70.7 Å². The summed E-state index contributed by atoms with van der Waals surface area (Å²) >= 11 is 1.61. The fourth-order valence-electron chi connectivity index (χ4n) is 5.52. The molecule has 2 aromatic rings. The molecule has 0 radical (unpaired) electrons. The Morgan fingerprint density at radius 1 is 0.891 bits per heavy atom. The number of rotatable bonds is 16. The molecule has 248 valence electrons. The van der Waals surface area contributed by atoms with Crippen LogP contribution >= 0.6 is 11.3 Å². The number of amides is 1. The zero-order valence-electron chi connectivity index (χ0n) is 27.8. The van der Waals surface area contributed by atoms with Gasteiger partial charge >= 0.3 is 12.1 Å². The molecule has 0 aliphatic carbocycles. The third kappa shape index (κ3) is 10.7. The molecule has 46 heavy (non-hydrogen) atoms. The number of aryl methyl sites for hydroxylation is 1. The lowest BCUT2D eigenvalue weighted by Gasteiger charge is -2.38. The van der Waals surface area contributed by atoms with Gasteiger partial charge in [0.1, 0.15) is 10.5 Å². The van der Waals surface area contributed by atoms with E-state index >= 15 is 0 Å². The summed E-state index contributed by atoms with van der Waals surface area (Å²) in [4.78, 5) is 38.3. The molecule has 1 amide bonds. The lowest BCUT2D eigenvalue weighted by Crippen LogP contribution is -2.51. The Morgan fingerprint density at radius 3 is 2.37 bits per heavy atom. The molecule has 9 heteroatoms. The van der Waals surface area contributed by atoms with Gasteiger partial charge in [0.2, 0.25) is 6.79 Å². The van der Waals surface area contributed by atoms with Crippen molar-refractivity contribution in [2.45, 2.75) is 78.1 Å². The molecule has 3 heterocycles. The van der Waals surface area contributed by atoms with Gasteiger partial charge < -0.3 is 19.3 Å². The van der Waals surface area contributed by atoms with E-state index in [4.69, 9.17) is 14.5 Å². The van der Waals surface area contributed by atoms with Crippen LogP contribution in [0, 0.1) is 6.92 Å². The van der Waals surface area contributed by atoms with Gasteiger partial charge in [0, 0.05) is 37.5 Å². The fourth-order valence-corrected chi connectivity index (χ4v) is 6.41. The molecule has 0 unspecified atom stereocenters. The second-order valence-corrected chi connectivity index (χ2v) is 13.0. The average Bonchev–Trinajstić information content (AvgIpc) is 3.35. The second-order valence-electron chi connectivity index (χ2n) is 11.8. The largest absolute Gasteiger partial charge is 0.428 e. The first-order valence-corrected chi connectivity index (χ1v) is 17.6. The van der Waals surface area contributed by atoms with Gasteiger partial charge in [-0.3, -0.25) is 4.79 Å². The number of unbranched alkanes of at least 4 members (excludes halogenated alkanes) is 5. The predicted molar refractivity (Wildman–Crippen MR) is 188 cm³/mol. The van der Waals surface area contributed by atoms with Crippen LogP contribution in [-0.4, -0.2) is 61.9 Å². The molecule has 1 aromatic carbocycles. The Labute approximate surface area is 278 Å². The number of hydrogen-bond acceptors (Lipinski definition) is 8. The van der Waals surface area contributed by atoms with Gasteiger partial charge in [-0.1, -0.05) is 74.8 Å². The number of nitrogens with zero attached hydrogens (tertiary/aromatic N) is 4. The molecule has 1 aromatic heterocycles. The minimum Gasteiger partial charge on any atom is -0.428 e. The highest BCUT2D eigenvalue weighted by atomic mass is 32.1. The number of carbonyl (C=O) groups is 2. The van der Waals surface area contributed by atoms with E-state index in [0.29, 0.717) is 17.8 Å². The summed E-state index contributed by atoms with van der Waals surface area (Å²) in [5.74, 6) is 0.416. The number of fused-ring (bicyclic) bond motifs is 2. The minimum absolute atomic E-state index is 0.318. The number of hydrogen-bond donors (Lipinski definition) is 0. The van der Waals surface area contributed by atoms with Crippen LogP contribution in [0.2, 0.25) is 0 Å². The van der Waals surface area contributed by atoms with Gasteiger partial charge in [0.25, 0.3) is 0 Å². The number of allylic oxidation sites excluding steroid dienone is 6. The van der Waals surface area contributed by atoms with Crippen molar-refractivity contribution in [3.05, 3.63) is 81.6 Å². The van der Waals surface area contributed by atoms with Crippen LogP contribution < -0.4 is 14.8 Å². The smallest absolute Gasteiger partial charge is 0.423 e. The number of piperazine rings is 1. The van der Waals surface area contributed by atoms with Crippen molar-refractivity contribution in [2.75, 3.05) is 44.9 Å². The van der Waals surface area contributed by atoms with E-state index in [2.05, 4.69) is 73.2 Å². The van der Waals surface area contributed by atoms with E-state index < -0.39 is 12.9 Å². The quantitative estimate of drug-likeness (QED) is 0.0821. The van der Waals surface area contributed by atoms with Gasteiger partial charge in [-0.15, -0.1) is 11.3 Å². The normalized spacial score (nSPS) is 15.3. The third-order valence-electron chi connectivity index (χ3n) is 8.05. The van der Waals surface area contributed by atoms with E-state index in [0.717, 1.165) is 105 Å². The zero-order valence-corrected chi connectivity index (χ0v) is 28.6. The molecule has 2 aliphatic heterocycles. The Morgan fingerprint density at radius 2 is 1.59 bits per heavy atom. The minimum atomic E-state index is -0.588. The van der Waals surface area contributed by atoms with Crippen molar-refractivity contribution in [1.29, 1.82) is 0 Å². The van der Waals surface area contributed by atoms with E-state index in [1.165, 1.54) is 0 Å². The van der Waals surface area contributed by atoms with Crippen LogP contribution in [0.15, 0.2) is 71.8 Å². The van der Waals surface area contributed by atoms with Crippen LogP contribution in [-0.2, 0) is 14.3 Å². The number of anilines is 1. The van der Waals surface area contributed by atoms with Crippen LogP contribution in [0.5, 0.6) is 0 Å². The standard InChI is InChI=1S/C37H50N4O4S/c1-4-5-6-7-8-9-10-11-12-13-14-15-16-17-18-23-34(42)44-29-45-37(43)41-33-22-20-19-21-32(33)38-35-31(28-30(2)46-35)36(41)40-26-24-39(3)25-27-40/h5-6,8-9,11-12,19-22,28H,4,7,10,13-18,23-27,29H2,1-3H3/b6-5-,9-8-,12-11-. The van der Waals surface area contributed by atoms with Gasteiger partial charge in [-0.2, -0.15) is 0 Å². The highest BCUT2D eigenvalue weighted by molar-refractivity contribution is 7.09. The van der Waals surface area contributed by atoms with Crippen molar-refractivity contribution in [3.8, 4) is 0 Å². The fraction of sp³-hybridized carbons (Fsp3) is 0.486. The van der Waals surface area contributed by atoms with E-state index in [1.807, 2.05) is 24.3 Å². The lowest BCUT2D eigenvalue weighted by atomic mass is 10.1. The molecule has 2 aliphatic rings. The SMILES string of the molecule is CC/C=C\C/C=C\C/C=C\CCCCCCCC(=O)OCOC(=O)N1C(N2CCN(C)CC2)=c2cc(C)sc2=Nc2ccccc21. The number of benzene rings is 1. The van der Waals surface area contributed by atoms with Crippen LogP contribution in [0.3, 0.4) is 0 Å². The van der Waals surface area contributed by atoms with Gasteiger partial charge in [0.05, 0.1) is 16.6 Å². The predicted octanol–water partition coefficient (Wildman–Crippen LogP) is 7.37. The van der Waals surface area contributed by atoms with E-state index in [-0.39, 0.29) is 5.97 Å². The Balaban J connectivity index is 1.22. The number of carbonyl (C=O) groups excluding carboxylic acids is 2. The van der Waals surface area contributed by atoms with Gasteiger partial charge in [-0.25, -0.2) is 14.7 Å². The Hall–Kier alpha value is -3.69. The molecule has 0 bridgehead atoms. The summed E-state index contributed by atoms with van der Waals surface area (Å²) in [5.41, 5.74) is 1.35. The molecular weight excluding hydrogens is 596 g/mol. The molecule has 0 atom stereocenters. The molecule has 0 N–H and O–H groups in total. The maximum Gasteiger partial charge on any atom is 0.423 e. The van der Waals surface area contributed by atoms with Crippen LogP contribution in [0.4, 0.5) is 16.2 Å². The molecule has 1 fully saturated rings. The maximum absolute atomic E-state index is 13.7. The molecular formula is C37H50N4O4S. The summed E-state index contributed by atoms with van der Waals surface area (Å²) in [6.07, 6.45) is 22.4. The van der Waals surface area contributed by atoms with E-state index in [1.54, 1.807) is 16.2 Å². The number of ether oxygens (including phenoxy) is 2. The van der Waals surface area contributed by atoms with Gasteiger partial charge in [0.15, 0.2) is 0 Å². The first-order chi connectivity index (χ1) is 22.5. The highest BCUT2D eigenvalue weighted by Gasteiger charge is 2.32. The number of thiophene rings is 1. The number of para-hydroxylation sites is 2. The van der Waals surface area contributed by atoms with Crippen molar-refractivity contribution in [3.63, 3.8) is 0 Å². The number of likely N-dealkylation sites (N-methyl/N-ethyl adjacent to an activating group) is 1. The van der Waals surface area contributed by atoms with Crippen molar-refractivity contribution in [2.24, 2.45) is 4.99 Å². The summed E-state index contributed by atoms with van der Waals surface area (Å²) < 4.78 is 11.8. The monoisotopic (exact) mass is 646 g/mol. The molecule has 1 saturated heterocycles. The Bertz CT molecular complexity index is 1490. The Kier molecular flexibility index (Phi) is 14.6. The van der Waals surface area contributed by atoms with Crippen LogP contribution in [0.1, 0.15) is 76.0 Å². The lowest BCUT2D eigenvalue weighted by molar-refractivity contribution is -0.151. The second kappa shape index (κ2) is 19.1. The molecule has 4 rings (SSSR count). The topological polar surface area (TPSA) is 74.7 Å². The first-order valence-electron chi connectivity index (χ1n) is 16.8. The summed E-state index contributed by atoms with van der Waals surface area (Å²) in [6.45, 7) is 7.09. The first kappa shape index (κ1) is 35.2. The summed E-state index contributed by atoms with van der Waals surface area (Å²) in [5, 5.41) is 0.913. The number of esters is 1. The van der Waals surface area contributed by atoms with Crippen molar-refractivity contribution >= 4 is 40.6 Å². The summed E-state index contributed by atoms with van der Waals surface area (Å²) in [6, 6.07) is 9.69. The van der Waals surface area contributed by atoms with Crippen molar-refractivity contribution < 1.29 is 19.1 Å². The highest BCUT2D eigenvalue weighted by Crippen LogP contribution is 2.34. The van der Waals surface area contributed by atoms with Crippen LogP contribution in [0.25, 0.3) is 5.82 Å². The maximum atomic E-state index is 13.7. The molecule has 0 saturated carbocycles. The molecule has 0 spiro atoms. The molecule has 8 nitrogen and oxygen atoms in total. The van der Waals surface area contributed by atoms with Crippen molar-refractivity contribution in [1.82, 2.24) is 9.80 Å². The van der Waals surface area contributed by atoms with E-state index in [9.17, 15) is 9.59 Å². The average molecular weight is 647 g/mol. The summed E-state index contributed by atoms with van der Waals surface area (Å²) in [7, 11) is 2.11.